The molecule has 0 spiro atoms. The fourth-order valence-corrected chi connectivity index (χ4v) is 1.72. The lowest BCUT2D eigenvalue weighted by molar-refractivity contribution is -0.138. The van der Waals surface area contributed by atoms with Gasteiger partial charge < -0.3 is 19.5 Å². The molecule has 0 radical (unpaired) electrons. The van der Waals surface area contributed by atoms with Gasteiger partial charge in [0.05, 0.1) is 38.2 Å². The van der Waals surface area contributed by atoms with Crippen molar-refractivity contribution in [2.24, 2.45) is 0 Å². The van der Waals surface area contributed by atoms with Gasteiger partial charge in [0, 0.05) is 0 Å². The summed E-state index contributed by atoms with van der Waals surface area (Å²) in [6, 6.07) is 4.97. The van der Waals surface area contributed by atoms with Crippen LogP contribution < -0.4 is 5.32 Å². The van der Waals surface area contributed by atoms with Crippen LogP contribution in [-0.2, 0) is 23.8 Å². The molecule has 0 aliphatic rings. The highest BCUT2D eigenvalue weighted by atomic mass is 16.5. The van der Waals surface area contributed by atoms with Crippen molar-refractivity contribution in [2.75, 3.05) is 26.1 Å². The third kappa shape index (κ3) is 5.14. The van der Waals surface area contributed by atoms with E-state index in [4.69, 9.17) is 4.74 Å². The number of hydrogen-bond acceptors (Lipinski definition) is 7. The number of rotatable bonds is 6. The maximum absolute atomic E-state index is 12.0. The molecular formula is C16H19NO6. The van der Waals surface area contributed by atoms with Crippen LogP contribution in [-0.4, -0.2) is 38.7 Å². The summed E-state index contributed by atoms with van der Waals surface area (Å²) in [6.45, 7) is 3.73. The van der Waals surface area contributed by atoms with Crippen LogP contribution >= 0.6 is 0 Å². The average Bonchev–Trinajstić information content (AvgIpc) is 2.54. The van der Waals surface area contributed by atoms with Crippen LogP contribution in [0.1, 0.15) is 22.8 Å². The number of anilines is 1. The molecule has 1 rings (SSSR count). The number of methoxy groups -OCH3 is 2. The van der Waals surface area contributed by atoms with Crippen LogP contribution in [0.5, 0.6) is 0 Å². The van der Waals surface area contributed by atoms with Crippen molar-refractivity contribution in [3.05, 3.63) is 41.1 Å². The Morgan fingerprint density at radius 3 is 2.43 bits per heavy atom. The van der Waals surface area contributed by atoms with Gasteiger partial charge in [-0.3, -0.25) is 0 Å². The lowest BCUT2D eigenvalue weighted by atomic mass is 10.1. The van der Waals surface area contributed by atoms with Crippen LogP contribution in [0.15, 0.2) is 30.0 Å². The zero-order valence-electron chi connectivity index (χ0n) is 13.5. The Kier molecular flexibility index (Phi) is 6.79. The second kappa shape index (κ2) is 8.57. The van der Waals surface area contributed by atoms with E-state index in [0.717, 1.165) is 11.6 Å². The number of carbonyl (C=O) groups is 3. The highest BCUT2D eigenvalue weighted by Crippen LogP contribution is 2.21. The van der Waals surface area contributed by atoms with E-state index in [-0.39, 0.29) is 17.9 Å². The molecule has 0 heterocycles. The minimum Gasteiger partial charge on any atom is -0.466 e. The number of esters is 3. The Labute approximate surface area is 134 Å². The van der Waals surface area contributed by atoms with Crippen molar-refractivity contribution in [2.45, 2.75) is 13.8 Å². The first-order valence-electron chi connectivity index (χ1n) is 6.85. The van der Waals surface area contributed by atoms with Gasteiger partial charge in [0.1, 0.15) is 5.70 Å². The Morgan fingerprint density at radius 2 is 1.87 bits per heavy atom. The molecule has 0 aliphatic heterocycles. The maximum Gasteiger partial charge on any atom is 0.354 e. The van der Waals surface area contributed by atoms with Crippen molar-refractivity contribution in [1.29, 1.82) is 0 Å². The van der Waals surface area contributed by atoms with Gasteiger partial charge in [-0.2, -0.15) is 0 Å². The Morgan fingerprint density at radius 1 is 1.17 bits per heavy atom. The van der Waals surface area contributed by atoms with Gasteiger partial charge in [-0.1, -0.05) is 11.6 Å². The summed E-state index contributed by atoms with van der Waals surface area (Å²) in [5.41, 5.74) is 1.24. The first kappa shape index (κ1) is 18.2. The van der Waals surface area contributed by atoms with Crippen molar-refractivity contribution in [3.8, 4) is 0 Å². The third-order valence-electron chi connectivity index (χ3n) is 2.81. The number of carbonyl (C=O) groups excluding carboxylic acids is 3. The smallest absolute Gasteiger partial charge is 0.354 e. The molecule has 0 unspecified atom stereocenters. The van der Waals surface area contributed by atoms with E-state index < -0.39 is 17.9 Å². The van der Waals surface area contributed by atoms with Crippen molar-refractivity contribution < 1.29 is 28.6 Å². The SMILES string of the molecule is CCOC(=O)c1cc(C)ccc1N/C(=C/C(=O)OC)C(=O)OC. The van der Waals surface area contributed by atoms with Crippen LogP contribution in [0.25, 0.3) is 0 Å². The van der Waals surface area contributed by atoms with E-state index in [9.17, 15) is 14.4 Å². The van der Waals surface area contributed by atoms with Gasteiger partial charge in [0.15, 0.2) is 0 Å². The summed E-state index contributed by atoms with van der Waals surface area (Å²) in [5.74, 6) is -2.05. The topological polar surface area (TPSA) is 90.9 Å². The van der Waals surface area contributed by atoms with E-state index in [1.807, 2.05) is 6.92 Å². The molecule has 0 fully saturated rings. The van der Waals surface area contributed by atoms with Crippen LogP contribution in [0, 0.1) is 6.92 Å². The summed E-state index contributed by atoms with van der Waals surface area (Å²) >= 11 is 0. The Bertz CT molecular complexity index is 635. The van der Waals surface area contributed by atoms with Gasteiger partial charge in [-0.15, -0.1) is 0 Å². The number of ether oxygens (including phenoxy) is 3. The van der Waals surface area contributed by atoms with Crippen LogP contribution in [0.3, 0.4) is 0 Å². The summed E-state index contributed by atoms with van der Waals surface area (Å²) in [7, 11) is 2.36. The standard InChI is InChI=1S/C16H19NO6/c1-5-23-15(19)11-8-10(2)6-7-12(11)17-13(16(20)22-4)9-14(18)21-3/h6-9,17H,5H2,1-4H3/b13-9+. The predicted molar refractivity (Wildman–Crippen MR) is 82.9 cm³/mol. The minimum atomic E-state index is -0.772. The van der Waals surface area contributed by atoms with Gasteiger partial charge in [-0.05, 0) is 26.0 Å². The molecule has 1 N–H and O–H groups in total. The Hall–Kier alpha value is -2.83. The number of benzene rings is 1. The summed E-state index contributed by atoms with van der Waals surface area (Å²) in [4.78, 5) is 35.2. The van der Waals surface area contributed by atoms with E-state index in [1.165, 1.54) is 14.2 Å². The molecular weight excluding hydrogens is 302 g/mol. The van der Waals surface area contributed by atoms with E-state index in [0.29, 0.717) is 5.69 Å². The molecule has 0 bridgehead atoms. The molecule has 1 aromatic rings. The largest absolute Gasteiger partial charge is 0.466 e. The first-order valence-corrected chi connectivity index (χ1v) is 6.85. The summed E-state index contributed by atoms with van der Waals surface area (Å²) in [5, 5.41) is 2.71. The van der Waals surface area contributed by atoms with Crippen molar-refractivity contribution in [3.63, 3.8) is 0 Å². The first-order chi connectivity index (χ1) is 10.9. The fraction of sp³-hybridized carbons (Fsp3) is 0.312. The van der Waals surface area contributed by atoms with E-state index in [1.54, 1.807) is 25.1 Å². The maximum atomic E-state index is 12.0. The molecule has 23 heavy (non-hydrogen) atoms. The Balaban J connectivity index is 3.23. The van der Waals surface area contributed by atoms with Gasteiger partial charge in [0.2, 0.25) is 0 Å². The molecule has 0 saturated heterocycles. The van der Waals surface area contributed by atoms with E-state index >= 15 is 0 Å². The quantitative estimate of drug-likeness (QED) is 0.485. The number of aryl methyl sites for hydroxylation is 1. The zero-order chi connectivity index (χ0) is 17.4. The van der Waals surface area contributed by atoms with Gasteiger partial charge in [-0.25, -0.2) is 14.4 Å². The van der Waals surface area contributed by atoms with E-state index in [2.05, 4.69) is 14.8 Å². The molecule has 124 valence electrons. The molecule has 0 saturated carbocycles. The average molecular weight is 321 g/mol. The van der Waals surface area contributed by atoms with Gasteiger partial charge >= 0.3 is 17.9 Å². The van der Waals surface area contributed by atoms with Crippen LogP contribution in [0.2, 0.25) is 0 Å². The minimum absolute atomic E-state index is 0.159. The molecule has 1 aromatic carbocycles. The highest BCUT2D eigenvalue weighted by Gasteiger charge is 2.18. The van der Waals surface area contributed by atoms with Gasteiger partial charge in [0.25, 0.3) is 0 Å². The second-order valence-electron chi connectivity index (χ2n) is 4.47. The number of nitrogens with one attached hydrogen (secondary N) is 1. The summed E-state index contributed by atoms with van der Waals surface area (Å²) in [6.07, 6.45) is 0.945. The van der Waals surface area contributed by atoms with Crippen LogP contribution in [0.4, 0.5) is 5.69 Å². The lowest BCUT2D eigenvalue weighted by Gasteiger charge is -2.13. The monoisotopic (exact) mass is 321 g/mol. The molecule has 7 nitrogen and oxygen atoms in total. The number of hydrogen-bond donors (Lipinski definition) is 1. The lowest BCUT2D eigenvalue weighted by Crippen LogP contribution is -2.17. The fourth-order valence-electron chi connectivity index (χ4n) is 1.72. The third-order valence-corrected chi connectivity index (χ3v) is 2.81. The predicted octanol–water partition coefficient (Wildman–Crippen LogP) is 1.81. The molecule has 7 heteroatoms. The molecule has 0 aromatic heterocycles. The molecule has 0 amide bonds. The van der Waals surface area contributed by atoms with Crippen molar-refractivity contribution >= 4 is 23.6 Å². The molecule has 0 atom stereocenters. The zero-order valence-corrected chi connectivity index (χ0v) is 13.5. The summed E-state index contributed by atoms with van der Waals surface area (Å²) < 4.78 is 14.1. The second-order valence-corrected chi connectivity index (χ2v) is 4.47. The molecule has 0 aliphatic carbocycles. The normalized spacial score (nSPS) is 10.7. The van der Waals surface area contributed by atoms with Crippen molar-refractivity contribution in [1.82, 2.24) is 0 Å². The highest BCUT2D eigenvalue weighted by molar-refractivity contribution is 6.02.